The molecule has 8 aromatic rings. The van der Waals surface area contributed by atoms with Crippen LogP contribution in [-0.4, -0.2) is 137 Å². The van der Waals surface area contributed by atoms with Crippen molar-refractivity contribution in [1.29, 1.82) is 0 Å². The molecular formula is C98H117N5O13. The van der Waals surface area contributed by atoms with Crippen LogP contribution in [0.15, 0.2) is 164 Å². The number of fused-ring (bicyclic) bond motifs is 7. The van der Waals surface area contributed by atoms with Crippen LogP contribution < -0.4 is 29.0 Å². The number of carbonyl (C=O) groups is 5. The fraction of sp³-hybridized carbons (Fsp3) is 0.480. The molecule has 116 heavy (non-hydrogen) atoms. The number of Topliss-reactive ketones (excluding diaryl/α,β-unsaturated/α-hetero) is 3. The molecule has 0 bridgehead atoms. The smallest absolute Gasteiger partial charge is 0.223 e. The number of aryl methyl sites for hydroxylation is 2. The molecule has 0 radical (unpaired) electrons. The minimum atomic E-state index is -1.55. The number of nitrogens with one attached hydrogen (secondary N) is 1. The number of nitrogens with zero attached hydrogens (tertiary/aromatic N) is 4. The summed E-state index contributed by atoms with van der Waals surface area (Å²) in [6.45, 7) is 8.56. The van der Waals surface area contributed by atoms with E-state index >= 15 is 0 Å². The van der Waals surface area contributed by atoms with Crippen molar-refractivity contribution in [3.63, 3.8) is 0 Å². The Hall–Kier alpha value is -9.75. The highest BCUT2D eigenvalue weighted by Crippen LogP contribution is 2.68. The lowest BCUT2D eigenvalue weighted by Crippen LogP contribution is -2.62. The lowest BCUT2D eigenvalue weighted by Gasteiger charge is -2.60. The third-order valence-electron chi connectivity index (χ3n) is 27.6. The number of rotatable bonds is 21. The van der Waals surface area contributed by atoms with E-state index in [2.05, 4.69) is 134 Å². The number of likely N-dealkylation sites (tertiary alicyclic amines) is 1. The van der Waals surface area contributed by atoms with E-state index in [4.69, 9.17) is 28.8 Å². The number of aliphatic hydroxyl groups excluding tert-OH is 2. The molecule has 2 aromatic heterocycles. The van der Waals surface area contributed by atoms with Gasteiger partial charge in [0.05, 0.1) is 63.1 Å². The standard InChI is InChI=1S/C29H36N2O4.C27H31NO.C25H27NO5.C17H23NO3/c1-17-5-4-6-20(11-17)31-23-12-19-7-8-21-22-9-10-29(35,25(34)16-32)28(22,3)14-24(33)26(21)27(19,2)13-18(23)15-30-31;1-20-16-22(14-15-28-20)18-26(23-10-4-3-5-11-23)24-12-13-27(29-2)25(19-24)17-21-8-6-7-9-21;1-26-22(27)14-19(23-24(28)17-9-5-6-10-18(17)25(23)29)15-11-12-20(30-2)21(13-15)31-16-7-3-4-8-16;1-18-11-13(10-17(18)19)12-7-8-15(20-2)16(9-12)21-14-5-3-4-6-14/h4-6,11-12,15,21-22,24,26,32-33,35H,7-10,13-14,16H2,1-3H3;3-5,10-16,19,21,26H,6-9,17-18H2,1-2H3;5-6,9-13,16,19,23H,3-4,7-8,14H2,1-2H3,(H,26,27);7-9,13-14H,3-6,10-11H2,1-2H3/t21?,22?,24-,26?,27-,28-,29-;26-;;/m01../s1. The van der Waals surface area contributed by atoms with E-state index < -0.39 is 41.3 Å². The number of ether oxygens (including phenoxy) is 5. The van der Waals surface area contributed by atoms with Crippen LogP contribution >= 0.6 is 0 Å². The van der Waals surface area contributed by atoms with Gasteiger partial charge in [-0.3, -0.25) is 29.0 Å². The second-order valence-corrected chi connectivity index (χ2v) is 34.8. The number of likely N-dealkylation sites (N-methyl/N-ethyl adjacent to an activating group) is 1. The Morgan fingerprint density at radius 3 is 1.95 bits per heavy atom. The van der Waals surface area contributed by atoms with Gasteiger partial charge in [-0.15, -0.1) is 0 Å². The zero-order chi connectivity index (χ0) is 81.6. The Morgan fingerprint density at radius 1 is 0.681 bits per heavy atom. The van der Waals surface area contributed by atoms with Crippen LogP contribution in [0.5, 0.6) is 28.7 Å². The maximum Gasteiger partial charge on any atom is 0.223 e. The van der Waals surface area contributed by atoms with Gasteiger partial charge in [-0.25, -0.2) is 4.68 Å². The predicted molar refractivity (Wildman–Crippen MR) is 449 cm³/mol. The highest BCUT2D eigenvalue weighted by Gasteiger charge is 2.68. The zero-order valence-electron chi connectivity index (χ0n) is 69.1. The third kappa shape index (κ3) is 17.2. The zero-order valence-corrected chi connectivity index (χ0v) is 69.1. The average Bonchev–Trinajstić information content (AvgIpc) is 1.65. The number of methoxy groups -OCH3 is 3. The maximum absolute atomic E-state index is 13.2. The summed E-state index contributed by atoms with van der Waals surface area (Å²) >= 11 is 0. The van der Waals surface area contributed by atoms with Crippen LogP contribution in [0.1, 0.15) is 230 Å². The first kappa shape index (κ1) is 82.8. The van der Waals surface area contributed by atoms with E-state index in [1.807, 2.05) is 49.2 Å². The fourth-order valence-corrected chi connectivity index (χ4v) is 21.5. The van der Waals surface area contributed by atoms with Crippen molar-refractivity contribution in [3.8, 4) is 34.4 Å². The molecule has 0 spiro atoms. The summed E-state index contributed by atoms with van der Waals surface area (Å²) < 4.78 is 31.0. The second-order valence-electron chi connectivity index (χ2n) is 34.8. The molecule has 9 aliphatic rings. The number of amides is 2. The third-order valence-corrected chi connectivity index (χ3v) is 27.6. The Labute approximate surface area is 684 Å². The number of aliphatic hydroxyl groups is 3. The summed E-state index contributed by atoms with van der Waals surface area (Å²) in [4.78, 5) is 69.2. The molecule has 6 aromatic carbocycles. The van der Waals surface area contributed by atoms with Gasteiger partial charge in [0, 0.05) is 79.7 Å². The number of allylic oxidation sites excluding steroid dienone is 1. The van der Waals surface area contributed by atoms with E-state index in [0.29, 0.717) is 53.9 Å². The molecule has 1 aliphatic heterocycles. The Bertz CT molecular complexity index is 4850. The van der Waals surface area contributed by atoms with E-state index in [1.165, 1.54) is 83.0 Å². The molecule has 18 heteroatoms. The van der Waals surface area contributed by atoms with Crippen molar-refractivity contribution in [3.05, 3.63) is 231 Å². The molecule has 3 heterocycles. The molecule has 17 rings (SSSR count). The van der Waals surface area contributed by atoms with Gasteiger partial charge in [0.25, 0.3) is 0 Å². The Balaban J connectivity index is 0.000000129. The number of carbonyl (C=O) groups excluding carboxylic acids is 5. The summed E-state index contributed by atoms with van der Waals surface area (Å²) in [6.07, 6.45) is 27.4. The molecule has 5 unspecified atom stereocenters. The first-order valence-electron chi connectivity index (χ1n) is 42.4. The lowest BCUT2D eigenvalue weighted by atomic mass is 9.45. The molecule has 8 aliphatic carbocycles. The summed E-state index contributed by atoms with van der Waals surface area (Å²) in [5.74, 6) is 3.19. The maximum atomic E-state index is 13.2. The van der Waals surface area contributed by atoms with Gasteiger partial charge >= 0.3 is 0 Å². The number of hydrogen-bond donors (Lipinski definition) is 4. The summed E-state index contributed by atoms with van der Waals surface area (Å²) in [5, 5.41) is 40.0. The fourth-order valence-electron chi connectivity index (χ4n) is 21.5. The van der Waals surface area contributed by atoms with Gasteiger partial charge in [-0.1, -0.05) is 136 Å². The first-order chi connectivity index (χ1) is 56.0. The lowest BCUT2D eigenvalue weighted by molar-refractivity contribution is -0.181. The van der Waals surface area contributed by atoms with Crippen molar-refractivity contribution < 1.29 is 63.0 Å². The van der Waals surface area contributed by atoms with Crippen molar-refractivity contribution in [2.75, 3.05) is 48.6 Å². The highest BCUT2D eigenvalue weighted by atomic mass is 16.5. The molecule has 6 saturated carbocycles. The SMILES string of the molecule is CNC(=O)CC(c1ccc(OC)c(OC2CCCC2)c1)C1C(=O)c2ccccc2C1=O.COc1ccc(C2CC(=O)N(C)C2)cc1OC1CCCC1.COc1ccc([C@H](Cc2ccnc(C)c2)c2ccccc2)cc1CC1CCCC1.Cc1cccc(-n2ncc3c2C=C2CCC4C([C@@H](O)C[C@@]5(C)C4CC[C@]5(O)C(=O)CO)[C@@]2(C)C3)c1. The minimum Gasteiger partial charge on any atom is -0.496 e. The van der Waals surface area contributed by atoms with Crippen LogP contribution in [0.3, 0.4) is 0 Å². The number of ketones is 3. The van der Waals surface area contributed by atoms with Gasteiger partial charge < -0.3 is 49.2 Å². The largest absolute Gasteiger partial charge is 0.496 e. The minimum absolute atomic E-state index is 0.0296. The normalized spacial score (nSPS) is 24.7. The van der Waals surface area contributed by atoms with Crippen LogP contribution in [0.4, 0.5) is 0 Å². The second kappa shape index (κ2) is 36.0. The first-order valence-corrected chi connectivity index (χ1v) is 42.4. The van der Waals surface area contributed by atoms with Crippen LogP contribution in [0.25, 0.3) is 11.8 Å². The molecule has 2 amide bonds. The van der Waals surface area contributed by atoms with Gasteiger partial charge in [0.1, 0.15) is 18.0 Å². The van der Waals surface area contributed by atoms with E-state index in [1.54, 1.807) is 63.6 Å². The molecular weight excluding hydrogens is 1460 g/mol. The quantitative estimate of drug-likeness (QED) is 0.0489. The topological polar surface area (TPSA) is 238 Å². The number of aromatic nitrogens is 3. The van der Waals surface area contributed by atoms with E-state index in [-0.39, 0.29) is 65.0 Å². The Morgan fingerprint density at radius 2 is 1.32 bits per heavy atom. The van der Waals surface area contributed by atoms with Crippen LogP contribution in [0.2, 0.25) is 0 Å². The predicted octanol–water partition coefficient (Wildman–Crippen LogP) is 17.0. The molecule has 4 N–H and O–H groups in total. The van der Waals surface area contributed by atoms with E-state index in [9.17, 15) is 39.3 Å². The van der Waals surface area contributed by atoms with Gasteiger partial charge in [0.15, 0.2) is 40.3 Å². The molecule has 7 fully saturated rings. The molecule has 612 valence electrons. The Kier molecular flexibility index (Phi) is 25.7. The van der Waals surface area contributed by atoms with Crippen molar-refractivity contribution in [2.45, 2.75) is 211 Å². The molecule has 10 atom stereocenters. The van der Waals surface area contributed by atoms with Crippen LogP contribution in [-0.2, 0) is 33.6 Å². The van der Waals surface area contributed by atoms with Gasteiger partial charge in [-0.2, -0.15) is 5.10 Å². The van der Waals surface area contributed by atoms with Gasteiger partial charge in [-0.05, 0) is 251 Å². The van der Waals surface area contributed by atoms with E-state index in [0.717, 1.165) is 129 Å². The van der Waals surface area contributed by atoms with Crippen molar-refractivity contribution in [2.24, 2.45) is 40.4 Å². The van der Waals surface area contributed by atoms with Crippen LogP contribution in [0, 0.1) is 54.3 Å². The summed E-state index contributed by atoms with van der Waals surface area (Å²) in [5.41, 5.74) is 12.8. The highest BCUT2D eigenvalue weighted by molar-refractivity contribution is 6.27. The monoisotopic (exact) mass is 1570 g/mol. The molecule has 18 nitrogen and oxygen atoms in total. The number of hydrogen-bond acceptors (Lipinski definition) is 15. The average molecular weight is 1570 g/mol. The van der Waals surface area contributed by atoms with Crippen molar-refractivity contribution in [1.82, 2.24) is 25.0 Å². The van der Waals surface area contributed by atoms with Gasteiger partial charge in [0.2, 0.25) is 11.8 Å². The summed E-state index contributed by atoms with van der Waals surface area (Å²) in [6, 6.07) is 48.8. The number of pyridine rings is 1. The number of benzene rings is 6. The van der Waals surface area contributed by atoms with Crippen molar-refractivity contribution >= 4 is 35.2 Å². The molecule has 1 saturated heterocycles. The summed E-state index contributed by atoms with van der Waals surface area (Å²) in [7, 11) is 8.46.